The van der Waals surface area contributed by atoms with Gasteiger partial charge in [0.2, 0.25) is 0 Å². The Labute approximate surface area is 203 Å². The second-order valence-electron chi connectivity index (χ2n) is 12.6. The standard InChI is InChI=1S/C27H42N4O3/c1-26-8-7-21-19(20(26)5-6-22(26)25(33)15-31-17-28-16-29-31)4-3-18-13-24(32)23(14-27(18,21)2)30-9-11-34-12-10-30/h16-24,32H,3-15H2,1-2H3/t18-,19-,20-,21-,22+,23-,24-,26-,27-/m0/s1. The van der Waals surface area contributed by atoms with Crippen LogP contribution in [0.4, 0.5) is 0 Å². The van der Waals surface area contributed by atoms with Gasteiger partial charge in [0.15, 0.2) is 5.78 Å². The van der Waals surface area contributed by atoms with Crippen LogP contribution in [0.15, 0.2) is 12.7 Å². The van der Waals surface area contributed by atoms with Gasteiger partial charge in [0.25, 0.3) is 0 Å². The van der Waals surface area contributed by atoms with Crippen molar-refractivity contribution in [3.63, 3.8) is 0 Å². The summed E-state index contributed by atoms with van der Waals surface area (Å²) < 4.78 is 7.29. The number of nitrogens with zero attached hydrogens (tertiary/aromatic N) is 4. The first-order valence-electron chi connectivity index (χ1n) is 13.7. The van der Waals surface area contributed by atoms with Gasteiger partial charge in [0, 0.05) is 25.0 Å². The Morgan fingerprint density at radius 2 is 1.88 bits per heavy atom. The second kappa shape index (κ2) is 8.67. The van der Waals surface area contributed by atoms with Crippen LogP contribution in [0.1, 0.15) is 65.2 Å². The maximum Gasteiger partial charge on any atom is 0.157 e. The van der Waals surface area contributed by atoms with Crippen LogP contribution in [0.25, 0.3) is 0 Å². The molecule has 1 saturated heterocycles. The SMILES string of the molecule is C[C@]12C[C@H](N3CCOCC3)[C@@H](O)C[C@@H]1CC[C@@H]1[C@@H]2CC[C@]2(C)[C@@H](C(=O)Cn3cncn3)CC[C@@H]12. The summed E-state index contributed by atoms with van der Waals surface area (Å²) in [6.07, 6.45) is 12.2. The minimum atomic E-state index is -0.202. The summed E-state index contributed by atoms with van der Waals surface area (Å²) in [6.45, 7) is 8.85. The van der Waals surface area contributed by atoms with E-state index >= 15 is 0 Å². The molecule has 4 saturated carbocycles. The van der Waals surface area contributed by atoms with Crippen LogP contribution in [0, 0.1) is 40.4 Å². The molecule has 5 fully saturated rings. The Kier molecular flexibility index (Phi) is 5.89. The predicted octanol–water partition coefficient (Wildman–Crippen LogP) is 3.18. The maximum atomic E-state index is 13.3. The normalized spacial score (nSPS) is 47.0. The van der Waals surface area contributed by atoms with Crippen molar-refractivity contribution in [1.29, 1.82) is 0 Å². The molecular formula is C27H42N4O3. The lowest BCUT2D eigenvalue weighted by molar-refractivity contribution is -0.157. The molecule has 34 heavy (non-hydrogen) atoms. The van der Waals surface area contributed by atoms with Gasteiger partial charge in [0.1, 0.15) is 19.2 Å². The number of hydrogen-bond donors (Lipinski definition) is 1. The van der Waals surface area contributed by atoms with Crippen LogP contribution in [0.3, 0.4) is 0 Å². The fourth-order valence-corrected chi connectivity index (χ4v) is 9.67. The molecule has 4 aliphatic carbocycles. The average Bonchev–Trinajstić information content (AvgIpc) is 3.46. The molecule has 2 heterocycles. The number of ether oxygens (including phenoxy) is 1. The average molecular weight is 471 g/mol. The number of Topliss-reactive ketones (excluding diaryl/α,β-unsaturated/α-hetero) is 1. The molecule has 6 rings (SSSR count). The molecule has 1 N–H and O–H groups in total. The molecule has 0 aromatic carbocycles. The zero-order chi connectivity index (χ0) is 23.5. The maximum absolute atomic E-state index is 13.3. The highest BCUT2D eigenvalue weighted by Gasteiger charge is 2.62. The zero-order valence-electron chi connectivity index (χ0n) is 20.9. The van der Waals surface area contributed by atoms with Crippen LogP contribution < -0.4 is 0 Å². The highest BCUT2D eigenvalue weighted by Crippen LogP contribution is 2.67. The third-order valence-electron chi connectivity index (χ3n) is 11.4. The Morgan fingerprint density at radius 3 is 2.65 bits per heavy atom. The number of morpholine rings is 1. The topological polar surface area (TPSA) is 80.5 Å². The fraction of sp³-hybridized carbons (Fsp3) is 0.889. The van der Waals surface area contributed by atoms with Gasteiger partial charge in [-0.25, -0.2) is 9.67 Å². The number of aliphatic hydroxyl groups is 1. The summed E-state index contributed by atoms with van der Waals surface area (Å²) in [4.78, 5) is 19.9. The Balaban J connectivity index is 1.21. The largest absolute Gasteiger partial charge is 0.391 e. The molecule has 9 atom stereocenters. The molecule has 1 aromatic rings. The molecule has 0 amide bonds. The lowest BCUT2D eigenvalue weighted by Gasteiger charge is -2.62. The monoisotopic (exact) mass is 470 g/mol. The highest BCUT2D eigenvalue weighted by molar-refractivity contribution is 5.82. The number of rotatable bonds is 4. The third kappa shape index (κ3) is 3.60. The van der Waals surface area contributed by atoms with Crippen molar-refractivity contribution in [2.45, 2.75) is 83.9 Å². The van der Waals surface area contributed by atoms with E-state index in [-0.39, 0.29) is 23.5 Å². The quantitative estimate of drug-likeness (QED) is 0.728. The van der Waals surface area contributed by atoms with E-state index in [4.69, 9.17) is 4.74 Å². The summed E-state index contributed by atoms with van der Waals surface area (Å²) in [5.74, 6) is 3.25. The minimum absolute atomic E-state index is 0.125. The van der Waals surface area contributed by atoms with Crippen molar-refractivity contribution in [2.75, 3.05) is 26.3 Å². The van der Waals surface area contributed by atoms with Gasteiger partial charge in [0.05, 0.1) is 19.3 Å². The Morgan fingerprint density at radius 1 is 1.09 bits per heavy atom. The number of fused-ring (bicyclic) bond motifs is 5. The summed E-state index contributed by atoms with van der Waals surface area (Å²) in [7, 11) is 0. The molecule has 0 spiro atoms. The van der Waals surface area contributed by atoms with Gasteiger partial charge in [-0.05, 0) is 85.9 Å². The highest BCUT2D eigenvalue weighted by atomic mass is 16.5. The molecule has 0 radical (unpaired) electrons. The molecule has 0 bridgehead atoms. The van der Waals surface area contributed by atoms with Crippen molar-refractivity contribution in [1.82, 2.24) is 19.7 Å². The van der Waals surface area contributed by atoms with Crippen LogP contribution in [0.5, 0.6) is 0 Å². The lowest BCUT2D eigenvalue weighted by Crippen LogP contribution is -2.60. The van der Waals surface area contributed by atoms with Gasteiger partial charge in [-0.1, -0.05) is 13.8 Å². The smallest absolute Gasteiger partial charge is 0.157 e. The predicted molar refractivity (Wildman–Crippen MR) is 128 cm³/mol. The van der Waals surface area contributed by atoms with E-state index in [1.165, 1.54) is 38.4 Å². The van der Waals surface area contributed by atoms with Gasteiger partial charge in [-0.15, -0.1) is 0 Å². The van der Waals surface area contributed by atoms with Crippen molar-refractivity contribution in [2.24, 2.45) is 40.4 Å². The minimum Gasteiger partial charge on any atom is -0.391 e. The lowest BCUT2D eigenvalue weighted by atomic mass is 9.44. The van der Waals surface area contributed by atoms with E-state index < -0.39 is 0 Å². The number of carbonyl (C=O) groups is 1. The first-order chi connectivity index (χ1) is 16.4. The number of carbonyl (C=O) groups excluding carboxylic acids is 1. The van der Waals surface area contributed by atoms with Gasteiger partial charge in [-0.3, -0.25) is 9.69 Å². The number of ketones is 1. The molecule has 188 valence electrons. The fourth-order valence-electron chi connectivity index (χ4n) is 9.67. The Hall–Kier alpha value is -1.31. The van der Waals surface area contributed by atoms with E-state index in [9.17, 15) is 9.90 Å². The summed E-state index contributed by atoms with van der Waals surface area (Å²) in [6, 6.07) is 0.276. The zero-order valence-corrected chi connectivity index (χ0v) is 20.9. The number of aromatic nitrogens is 3. The second-order valence-corrected chi connectivity index (χ2v) is 12.6. The van der Waals surface area contributed by atoms with Crippen molar-refractivity contribution < 1.29 is 14.6 Å². The first-order valence-corrected chi connectivity index (χ1v) is 13.7. The van der Waals surface area contributed by atoms with E-state index in [0.717, 1.165) is 57.4 Å². The van der Waals surface area contributed by atoms with Gasteiger partial charge in [-0.2, -0.15) is 5.10 Å². The molecule has 7 nitrogen and oxygen atoms in total. The summed E-state index contributed by atoms with van der Waals surface area (Å²) >= 11 is 0. The summed E-state index contributed by atoms with van der Waals surface area (Å²) in [5.41, 5.74) is 0.426. The molecule has 0 unspecified atom stereocenters. The van der Waals surface area contributed by atoms with Crippen molar-refractivity contribution in [3.8, 4) is 0 Å². The van der Waals surface area contributed by atoms with Crippen LogP contribution >= 0.6 is 0 Å². The van der Waals surface area contributed by atoms with Crippen molar-refractivity contribution >= 4 is 5.78 Å². The van der Waals surface area contributed by atoms with E-state index in [2.05, 4.69) is 28.8 Å². The van der Waals surface area contributed by atoms with E-state index in [1.807, 2.05) is 0 Å². The van der Waals surface area contributed by atoms with Gasteiger partial charge < -0.3 is 9.84 Å². The van der Waals surface area contributed by atoms with Gasteiger partial charge >= 0.3 is 0 Å². The number of aliphatic hydroxyl groups excluding tert-OH is 1. The molecule has 1 aliphatic heterocycles. The van der Waals surface area contributed by atoms with Crippen LogP contribution in [-0.2, 0) is 16.1 Å². The van der Waals surface area contributed by atoms with Crippen LogP contribution in [0.2, 0.25) is 0 Å². The summed E-state index contributed by atoms with van der Waals surface area (Å²) in [5, 5.41) is 15.3. The molecule has 7 heteroatoms. The van der Waals surface area contributed by atoms with E-state index in [1.54, 1.807) is 11.0 Å². The third-order valence-corrected chi connectivity index (χ3v) is 11.4. The van der Waals surface area contributed by atoms with Crippen LogP contribution in [-0.4, -0.2) is 69.0 Å². The Bertz CT molecular complexity index is 886. The van der Waals surface area contributed by atoms with E-state index in [0.29, 0.717) is 29.6 Å². The number of hydrogen-bond acceptors (Lipinski definition) is 6. The molecule has 5 aliphatic rings. The molecular weight excluding hydrogens is 428 g/mol. The first kappa shape index (κ1) is 23.1. The van der Waals surface area contributed by atoms with Crippen molar-refractivity contribution in [3.05, 3.63) is 12.7 Å². The molecule has 1 aromatic heterocycles.